The van der Waals surface area contributed by atoms with Crippen molar-refractivity contribution in [2.45, 2.75) is 88.3 Å². The standard InChI is InChI=1S/C25H33N3O2/c29-22(15-24-11-17-10-18(12-24)14-25(30,13-17)16-24)27-20-3-5-21(6-4-20)28-9-7-19-2-1-8-26-23(19)28/h1-2,7-9,17-18,20-21,30H,3-6,10-16H2,(H,27,29). The number of hydrogen-bond acceptors (Lipinski definition) is 3. The fraction of sp³-hybridized carbons (Fsp3) is 0.680. The molecule has 30 heavy (non-hydrogen) atoms. The first kappa shape index (κ1) is 18.9. The molecule has 2 unspecified atom stereocenters. The highest BCUT2D eigenvalue weighted by atomic mass is 16.3. The van der Waals surface area contributed by atoms with E-state index in [2.05, 4.69) is 33.2 Å². The minimum Gasteiger partial charge on any atom is -0.390 e. The van der Waals surface area contributed by atoms with E-state index in [1.807, 2.05) is 12.3 Å². The lowest BCUT2D eigenvalue weighted by Gasteiger charge is -2.60. The zero-order valence-corrected chi connectivity index (χ0v) is 17.7. The fourth-order valence-electron chi connectivity index (χ4n) is 8.01. The average molecular weight is 408 g/mol. The van der Waals surface area contributed by atoms with E-state index in [0.29, 0.717) is 30.3 Å². The summed E-state index contributed by atoms with van der Waals surface area (Å²) in [7, 11) is 0. The van der Waals surface area contributed by atoms with Crippen LogP contribution in [-0.4, -0.2) is 32.2 Å². The van der Waals surface area contributed by atoms with Gasteiger partial charge in [0.1, 0.15) is 5.65 Å². The Morgan fingerprint density at radius 2 is 1.90 bits per heavy atom. The molecular formula is C25H33N3O2. The van der Waals surface area contributed by atoms with Gasteiger partial charge in [0.2, 0.25) is 5.91 Å². The van der Waals surface area contributed by atoms with Crippen molar-refractivity contribution in [3.05, 3.63) is 30.6 Å². The second kappa shape index (κ2) is 6.81. The monoisotopic (exact) mass is 407 g/mol. The number of nitrogens with zero attached hydrogens (tertiary/aromatic N) is 2. The van der Waals surface area contributed by atoms with Crippen LogP contribution in [0.3, 0.4) is 0 Å². The van der Waals surface area contributed by atoms with Gasteiger partial charge >= 0.3 is 0 Å². The molecule has 0 aliphatic heterocycles. The highest BCUT2D eigenvalue weighted by Crippen LogP contribution is 2.62. The molecule has 5 aliphatic rings. The summed E-state index contributed by atoms with van der Waals surface area (Å²) in [6.45, 7) is 0. The highest BCUT2D eigenvalue weighted by Gasteiger charge is 2.57. The summed E-state index contributed by atoms with van der Waals surface area (Å²) in [5.74, 6) is 1.51. The number of aromatic nitrogens is 2. The molecule has 2 heterocycles. The Balaban J connectivity index is 1.06. The topological polar surface area (TPSA) is 67.2 Å². The molecule has 7 rings (SSSR count). The van der Waals surface area contributed by atoms with Gasteiger partial charge in [-0.25, -0.2) is 4.98 Å². The summed E-state index contributed by atoms with van der Waals surface area (Å²) < 4.78 is 2.32. The highest BCUT2D eigenvalue weighted by molar-refractivity contribution is 5.77. The molecule has 160 valence electrons. The van der Waals surface area contributed by atoms with Crippen LogP contribution in [0.5, 0.6) is 0 Å². The summed E-state index contributed by atoms with van der Waals surface area (Å²) in [6.07, 6.45) is 15.3. The molecule has 2 aromatic rings. The van der Waals surface area contributed by atoms with Gasteiger partial charge in [-0.15, -0.1) is 0 Å². The lowest BCUT2D eigenvalue weighted by atomic mass is 9.47. The maximum Gasteiger partial charge on any atom is 0.220 e. The lowest BCUT2D eigenvalue weighted by Crippen LogP contribution is -2.56. The molecule has 2 N–H and O–H groups in total. The van der Waals surface area contributed by atoms with Crippen LogP contribution in [0.15, 0.2) is 30.6 Å². The van der Waals surface area contributed by atoms with E-state index in [4.69, 9.17) is 0 Å². The number of carbonyl (C=O) groups is 1. The molecule has 5 heteroatoms. The van der Waals surface area contributed by atoms with E-state index in [-0.39, 0.29) is 11.3 Å². The van der Waals surface area contributed by atoms with Crippen molar-refractivity contribution in [2.24, 2.45) is 17.3 Å². The van der Waals surface area contributed by atoms with Gasteiger partial charge in [0.05, 0.1) is 5.60 Å². The second-order valence-electron chi connectivity index (χ2n) is 11.1. The predicted molar refractivity (Wildman–Crippen MR) is 116 cm³/mol. The van der Waals surface area contributed by atoms with Crippen molar-refractivity contribution in [1.29, 1.82) is 0 Å². The molecule has 0 saturated heterocycles. The minimum atomic E-state index is -0.476. The number of fused-ring (bicyclic) bond motifs is 1. The van der Waals surface area contributed by atoms with Crippen molar-refractivity contribution in [1.82, 2.24) is 14.9 Å². The Labute approximate surface area is 178 Å². The maximum atomic E-state index is 13.0. The van der Waals surface area contributed by atoms with E-state index in [1.165, 1.54) is 11.8 Å². The van der Waals surface area contributed by atoms with Crippen LogP contribution in [0, 0.1) is 17.3 Å². The van der Waals surface area contributed by atoms with Crippen molar-refractivity contribution < 1.29 is 9.90 Å². The Hall–Kier alpha value is -1.88. The van der Waals surface area contributed by atoms with Gasteiger partial charge < -0.3 is 15.0 Å². The van der Waals surface area contributed by atoms with Gasteiger partial charge in [0, 0.05) is 36.3 Å². The van der Waals surface area contributed by atoms with Crippen molar-refractivity contribution in [3.63, 3.8) is 0 Å². The Bertz CT molecular complexity index is 944. The molecule has 4 bridgehead atoms. The number of pyridine rings is 1. The SMILES string of the molecule is O=C(CC12CC3CC(CC(O)(C3)C1)C2)NC1CCC(n2ccc3cccnc32)CC1. The number of hydrogen-bond donors (Lipinski definition) is 2. The zero-order chi connectivity index (χ0) is 20.3. The summed E-state index contributed by atoms with van der Waals surface area (Å²) in [4.78, 5) is 17.5. The van der Waals surface area contributed by atoms with E-state index in [1.54, 1.807) is 0 Å². The maximum absolute atomic E-state index is 13.0. The van der Waals surface area contributed by atoms with E-state index < -0.39 is 5.60 Å². The smallest absolute Gasteiger partial charge is 0.220 e. The van der Waals surface area contributed by atoms with Gasteiger partial charge in [-0.1, -0.05) is 0 Å². The van der Waals surface area contributed by atoms with Crippen LogP contribution in [0.2, 0.25) is 0 Å². The molecule has 5 aliphatic carbocycles. The van der Waals surface area contributed by atoms with Crippen LogP contribution in [-0.2, 0) is 4.79 Å². The zero-order valence-electron chi connectivity index (χ0n) is 17.7. The minimum absolute atomic E-state index is 0.0653. The van der Waals surface area contributed by atoms with E-state index >= 15 is 0 Å². The predicted octanol–water partition coefficient (Wildman–Crippen LogP) is 4.36. The van der Waals surface area contributed by atoms with Gasteiger partial charge in [0.15, 0.2) is 0 Å². The summed E-state index contributed by atoms with van der Waals surface area (Å²) in [5.41, 5.74) is 0.663. The van der Waals surface area contributed by atoms with Gasteiger partial charge in [-0.2, -0.15) is 0 Å². The van der Waals surface area contributed by atoms with Crippen LogP contribution < -0.4 is 5.32 Å². The third-order valence-electron chi connectivity index (χ3n) is 8.62. The molecular weight excluding hydrogens is 374 g/mol. The van der Waals surface area contributed by atoms with Crippen LogP contribution in [0.1, 0.15) is 76.7 Å². The fourth-order valence-corrected chi connectivity index (χ4v) is 8.01. The lowest BCUT2D eigenvalue weighted by molar-refractivity contribution is -0.169. The molecule has 5 fully saturated rings. The summed E-state index contributed by atoms with van der Waals surface area (Å²) >= 11 is 0. The number of amides is 1. The van der Waals surface area contributed by atoms with Gasteiger partial charge in [-0.05, 0) is 99.7 Å². The molecule has 2 aromatic heterocycles. The summed E-state index contributed by atoms with van der Waals surface area (Å²) in [5, 5.41) is 15.5. The van der Waals surface area contributed by atoms with Gasteiger partial charge in [-0.3, -0.25) is 4.79 Å². The summed E-state index contributed by atoms with van der Waals surface area (Å²) in [6, 6.07) is 7.02. The normalized spacial score (nSPS) is 40.0. The first-order valence-corrected chi connectivity index (χ1v) is 11.9. The Morgan fingerprint density at radius 1 is 1.13 bits per heavy atom. The van der Waals surface area contributed by atoms with Crippen molar-refractivity contribution in [2.75, 3.05) is 0 Å². The van der Waals surface area contributed by atoms with Crippen LogP contribution in [0.4, 0.5) is 0 Å². The molecule has 0 spiro atoms. The van der Waals surface area contributed by atoms with Crippen LogP contribution >= 0.6 is 0 Å². The Kier molecular flexibility index (Phi) is 4.28. The molecule has 2 atom stereocenters. The number of aliphatic hydroxyl groups is 1. The Morgan fingerprint density at radius 3 is 2.63 bits per heavy atom. The second-order valence-corrected chi connectivity index (χ2v) is 11.1. The molecule has 1 amide bonds. The average Bonchev–Trinajstić information content (AvgIpc) is 3.10. The molecule has 0 radical (unpaired) electrons. The number of nitrogens with one attached hydrogen (secondary N) is 1. The molecule has 5 nitrogen and oxygen atoms in total. The third kappa shape index (κ3) is 3.26. The van der Waals surface area contributed by atoms with E-state index in [9.17, 15) is 9.90 Å². The first-order valence-electron chi connectivity index (χ1n) is 11.9. The first-order chi connectivity index (χ1) is 14.5. The largest absolute Gasteiger partial charge is 0.390 e. The third-order valence-corrected chi connectivity index (χ3v) is 8.62. The van der Waals surface area contributed by atoms with Crippen molar-refractivity contribution in [3.8, 4) is 0 Å². The van der Waals surface area contributed by atoms with Crippen LogP contribution in [0.25, 0.3) is 11.0 Å². The van der Waals surface area contributed by atoms with Gasteiger partial charge in [0.25, 0.3) is 0 Å². The molecule has 5 saturated carbocycles. The van der Waals surface area contributed by atoms with E-state index in [0.717, 1.165) is 63.4 Å². The quantitative estimate of drug-likeness (QED) is 0.791. The number of carbonyl (C=O) groups excluding carboxylic acids is 1. The van der Waals surface area contributed by atoms with Crippen molar-refractivity contribution >= 4 is 16.9 Å². The molecule has 0 aromatic carbocycles. The number of rotatable bonds is 4.